The smallest absolute Gasteiger partial charge is 0.241 e. The number of hydrogen-bond acceptors (Lipinski definition) is 3. The van der Waals surface area contributed by atoms with E-state index in [1.54, 1.807) is 0 Å². The molecule has 0 N–H and O–H groups in total. The summed E-state index contributed by atoms with van der Waals surface area (Å²) in [5.41, 5.74) is 1.13. The van der Waals surface area contributed by atoms with E-state index in [2.05, 4.69) is 0 Å². The average molecular weight is 269 g/mol. The van der Waals surface area contributed by atoms with Crippen LogP contribution >= 0.6 is 0 Å². The molecule has 0 aliphatic carbocycles. The fraction of sp³-hybridized carbons (Fsp3) is 0.375. The van der Waals surface area contributed by atoms with Crippen molar-refractivity contribution in [2.75, 3.05) is 4.90 Å². The van der Waals surface area contributed by atoms with Gasteiger partial charge in [0.05, 0.1) is 29.2 Å². The topological polar surface area (TPSA) is 46.6 Å². The maximum atomic E-state index is 12.7. The van der Waals surface area contributed by atoms with E-state index in [9.17, 15) is 9.59 Å². The zero-order valence-corrected chi connectivity index (χ0v) is 11.4. The molecule has 3 heterocycles. The second-order valence-electron chi connectivity index (χ2n) is 5.98. The molecule has 2 bridgehead atoms. The van der Waals surface area contributed by atoms with Crippen LogP contribution in [-0.2, 0) is 14.3 Å². The first kappa shape index (κ1) is 11.9. The number of imide groups is 1. The van der Waals surface area contributed by atoms with Crippen molar-refractivity contribution in [1.82, 2.24) is 0 Å². The lowest BCUT2D eigenvalue weighted by molar-refractivity contribution is -0.126. The van der Waals surface area contributed by atoms with Crippen LogP contribution in [0.1, 0.15) is 12.5 Å². The molecule has 2 saturated heterocycles. The Morgan fingerprint density at radius 3 is 2.50 bits per heavy atom. The van der Waals surface area contributed by atoms with E-state index in [1.807, 2.05) is 50.3 Å². The minimum Gasteiger partial charge on any atom is -0.362 e. The second-order valence-corrected chi connectivity index (χ2v) is 5.98. The second kappa shape index (κ2) is 3.58. The SMILES string of the molecule is Cc1ccc(N2C(=O)[C@@H]3[C@@H]4C=C[C@](C)(O4)[C@@H]3C2=O)cc1. The Morgan fingerprint density at radius 2 is 1.85 bits per heavy atom. The predicted molar refractivity (Wildman–Crippen MR) is 73.1 cm³/mol. The summed E-state index contributed by atoms with van der Waals surface area (Å²) < 4.78 is 5.79. The normalized spacial score (nSPS) is 37.9. The maximum absolute atomic E-state index is 12.7. The molecule has 0 unspecified atom stereocenters. The number of benzene rings is 1. The number of rotatable bonds is 1. The molecule has 3 aliphatic rings. The van der Waals surface area contributed by atoms with Gasteiger partial charge in [-0.15, -0.1) is 0 Å². The van der Waals surface area contributed by atoms with Gasteiger partial charge in [-0.25, -0.2) is 4.90 Å². The van der Waals surface area contributed by atoms with Crippen molar-refractivity contribution in [1.29, 1.82) is 0 Å². The molecule has 2 amide bonds. The summed E-state index contributed by atoms with van der Waals surface area (Å²) >= 11 is 0. The molecule has 102 valence electrons. The van der Waals surface area contributed by atoms with Gasteiger partial charge in [0.2, 0.25) is 11.8 Å². The van der Waals surface area contributed by atoms with Crippen LogP contribution in [0.25, 0.3) is 0 Å². The van der Waals surface area contributed by atoms with Gasteiger partial charge in [-0.05, 0) is 26.0 Å². The van der Waals surface area contributed by atoms with Crippen molar-refractivity contribution < 1.29 is 14.3 Å². The van der Waals surface area contributed by atoms with Gasteiger partial charge in [-0.2, -0.15) is 0 Å². The van der Waals surface area contributed by atoms with Crippen LogP contribution < -0.4 is 4.90 Å². The molecule has 3 aliphatic heterocycles. The zero-order chi connectivity index (χ0) is 14.1. The standard InChI is InChI=1S/C16H15NO3/c1-9-3-5-10(6-4-9)17-14(18)12-11-7-8-16(2,20-11)13(12)15(17)19/h3-8,11-13H,1-2H3/t11-,12+,13-,16-/m0/s1. The number of ether oxygens (including phenoxy) is 1. The van der Waals surface area contributed by atoms with Gasteiger partial charge < -0.3 is 4.74 Å². The van der Waals surface area contributed by atoms with E-state index in [1.165, 1.54) is 4.90 Å². The van der Waals surface area contributed by atoms with Crippen molar-refractivity contribution >= 4 is 17.5 Å². The lowest BCUT2D eigenvalue weighted by Crippen LogP contribution is -2.38. The summed E-state index contributed by atoms with van der Waals surface area (Å²) in [5, 5.41) is 0. The fourth-order valence-corrected chi connectivity index (χ4v) is 3.60. The van der Waals surface area contributed by atoms with E-state index in [0.717, 1.165) is 5.56 Å². The molecular formula is C16H15NO3. The third-order valence-corrected chi connectivity index (χ3v) is 4.62. The van der Waals surface area contributed by atoms with Crippen LogP contribution in [0.15, 0.2) is 36.4 Å². The van der Waals surface area contributed by atoms with E-state index in [0.29, 0.717) is 5.69 Å². The highest BCUT2D eigenvalue weighted by atomic mass is 16.5. The molecule has 4 nitrogen and oxygen atoms in total. The third kappa shape index (κ3) is 1.29. The van der Waals surface area contributed by atoms with Gasteiger partial charge in [-0.1, -0.05) is 29.8 Å². The molecule has 0 aromatic heterocycles. The average Bonchev–Trinajstić information content (AvgIpc) is 3.01. The Kier molecular flexibility index (Phi) is 2.12. The first-order valence-corrected chi connectivity index (χ1v) is 6.83. The van der Waals surface area contributed by atoms with Gasteiger partial charge in [-0.3, -0.25) is 9.59 Å². The molecule has 0 radical (unpaired) electrons. The first-order chi connectivity index (χ1) is 9.51. The number of fused-ring (bicyclic) bond motifs is 5. The summed E-state index contributed by atoms with van der Waals surface area (Å²) in [6.45, 7) is 3.86. The molecular weight excluding hydrogens is 254 g/mol. The Bertz CT molecular complexity index is 648. The summed E-state index contributed by atoms with van der Waals surface area (Å²) in [7, 11) is 0. The quantitative estimate of drug-likeness (QED) is 0.577. The number of carbonyl (C=O) groups is 2. The summed E-state index contributed by atoms with van der Waals surface area (Å²) in [6, 6.07) is 7.47. The maximum Gasteiger partial charge on any atom is 0.241 e. The highest BCUT2D eigenvalue weighted by Crippen LogP contribution is 2.52. The summed E-state index contributed by atoms with van der Waals surface area (Å²) in [6.07, 6.45) is 3.57. The first-order valence-electron chi connectivity index (χ1n) is 6.83. The number of aryl methyl sites for hydroxylation is 1. The number of hydrogen-bond donors (Lipinski definition) is 0. The number of amides is 2. The lowest BCUT2D eigenvalue weighted by atomic mass is 9.78. The molecule has 4 atom stereocenters. The minimum absolute atomic E-state index is 0.137. The Morgan fingerprint density at radius 1 is 1.15 bits per heavy atom. The van der Waals surface area contributed by atoms with Crippen molar-refractivity contribution in [2.45, 2.75) is 25.6 Å². The molecule has 0 spiro atoms. The number of nitrogens with zero attached hydrogens (tertiary/aromatic N) is 1. The van der Waals surface area contributed by atoms with Crippen LogP contribution in [0, 0.1) is 18.8 Å². The van der Waals surface area contributed by atoms with Crippen LogP contribution in [0.4, 0.5) is 5.69 Å². The Balaban J connectivity index is 1.77. The fourth-order valence-electron chi connectivity index (χ4n) is 3.60. The number of carbonyl (C=O) groups excluding carboxylic acids is 2. The molecule has 1 aromatic carbocycles. The molecule has 4 rings (SSSR count). The van der Waals surface area contributed by atoms with Crippen molar-refractivity contribution in [2.24, 2.45) is 11.8 Å². The molecule has 1 aromatic rings. The van der Waals surface area contributed by atoms with Gasteiger partial charge in [0.1, 0.15) is 0 Å². The minimum atomic E-state index is -0.623. The highest BCUT2D eigenvalue weighted by Gasteiger charge is 2.65. The van der Waals surface area contributed by atoms with Gasteiger partial charge in [0, 0.05) is 0 Å². The Labute approximate surface area is 117 Å². The van der Waals surface area contributed by atoms with Gasteiger partial charge in [0.25, 0.3) is 0 Å². The Hall–Kier alpha value is -1.94. The van der Waals surface area contributed by atoms with Crippen LogP contribution in [0.3, 0.4) is 0 Å². The monoisotopic (exact) mass is 269 g/mol. The highest BCUT2D eigenvalue weighted by molar-refractivity contribution is 6.23. The van der Waals surface area contributed by atoms with E-state index in [-0.39, 0.29) is 29.8 Å². The van der Waals surface area contributed by atoms with E-state index in [4.69, 9.17) is 4.74 Å². The van der Waals surface area contributed by atoms with Crippen molar-refractivity contribution in [3.63, 3.8) is 0 Å². The predicted octanol–water partition coefficient (Wildman–Crippen LogP) is 1.83. The molecule has 2 fully saturated rings. The summed E-state index contributed by atoms with van der Waals surface area (Å²) in [5.74, 6) is -1.02. The van der Waals surface area contributed by atoms with Crippen LogP contribution in [0.5, 0.6) is 0 Å². The third-order valence-electron chi connectivity index (χ3n) is 4.62. The van der Waals surface area contributed by atoms with Gasteiger partial charge >= 0.3 is 0 Å². The van der Waals surface area contributed by atoms with E-state index < -0.39 is 5.60 Å². The number of anilines is 1. The van der Waals surface area contributed by atoms with Crippen LogP contribution in [-0.4, -0.2) is 23.5 Å². The largest absolute Gasteiger partial charge is 0.362 e. The molecule has 4 heteroatoms. The zero-order valence-electron chi connectivity index (χ0n) is 11.4. The lowest BCUT2D eigenvalue weighted by Gasteiger charge is -2.24. The van der Waals surface area contributed by atoms with Gasteiger partial charge in [0.15, 0.2) is 0 Å². The van der Waals surface area contributed by atoms with Crippen LogP contribution in [0.2, 0.25) is 0 Å². The van der Waals surface area contributed by atoms with Crippen molar-refractivity contribution in [3.8, 4) is 0 Å². The molecule has 20 heavy (non-hydrogen) atoms. The summed E-state index contributed by atoms with van der Waals surface area (Å²) in [4.78, 5) is 26.6. The molecule has 0 saturated carbocycles. The van der Waals surface area contributed by atoms with Crippen molar-refractivity contribution in [3.05, 3.63) is 42.0 Å². The van der Waals surface area contributed by atoms with E-state index >= 15 is 0 Å².